The minimum Gasteiger partial charge on any atom is -0.357 e. The molecule has 0 rings (SSSR count). The first kappa shape index (κ1) is 16.1. The van der Waals surface area contributed by atoms with Crippen molar-refractivity contribution in [1.29, 1.82) is 0 Å². The maximum absolute atomic E-state index is 5.78. The lowest BCUT2D eigenvalue weighted by Gasteiger charge is -2.25. The van der Waals surface area contributed by atoms with Gasteiger partial charge in [0.2, 0.25) is 0 Å². The molecule has 0 aromatic heterocycles. The molecule has 0 bridgehead atoms. The monoisotopic (exact) mass is 246 g/mol. The summed E-state index contributed by atoms with van der Waals surface area (Å²) in [7, 11) is -0.864. The molecule has 0 aromatic rings. The molecule has 0 heterocycles. The van der Waals surface area contributed by atoms with E-state index in [0.29, 0.717) is 0 Å². The van der Waals surface area contributed by atoms with E-state index in [9.17, 15) is 0 Å². The predicted molar refractivity (Wildman–Crippen MR) is 73.6 cm³/mol. The number of rotatable bonds is 11. The summed E-state index contributed by atoms with van der Waals surface area (Å²) in [6, 6.07) is 2.75. The van der Waals surface area contributed by atoms with Crippen LogP contribution in [-0.4, -0.2) is 27.9 Å². The number of ether oxygens (including phenoxy) is 2. The molecule has 0 radical (unpaired) electrons. The third-order valence-electron chi connectivity index (χ3n) is 2.90. The molecule has 3 heteroatoms. The first-order valence-electron chi connectivity index (χ1n) is 7.03. The van der Waals surface area contributed by atoms with Crippen molar-refractivity contribution in [3.8, 4) is 0 Å². The molecule has 0 saturated heterocycles. The normalized spacial score (nSPS) is 11.6. The van der Waals surface area contributed by atoms with Crippen molar-refractivity contribution < 1.29 is 9.47 Å². The van der Waals surface area contributed by atoms with Crippen LogP contribution in [0.2, 0.25) is 12.1 Å². The molecular weight excluding hydrogens is 216 g/mol. The molecular formula is C13H30O2Si. The van der Waals surface area contributed by atoms with Gasteiger partial charge in [-0.05, 0) is 13.8 Å². The number of unbranched alkanes of at least 4 members (excludes halogenated alkanes) is 2. The fraction of sp³-hybridized carbons (Fsp3) is 1.00. The average Bonchev–Trinajstić information content (AvgIpc) is 2.29. The summed E-state index contributed by atoms with van der Waals surface area (Å²) >= 11 is 0. The van der Waals surface area contributed by atoms with Crippen molar-refractivity contribution in [2.45, 2.75) is 71.4 Å². The molecule has 98 valence electrons. The second-order valence-corrected chi connectivity index (χ2v) is 7.54. The second kappa shape index (κ2) is 11.6. The average molecular weight is 246 g/mol. The molecule has 0 aliphatic rings. The zero-order chi connectivity index (χ0) is 12.2. The Bertz CT molecular complexity index is 128. The molecule has 0 aliphatic heterocycles. The van der Waals surface area contributed by atoms with Crippen LogP contribution in [0.15, 0.2) is 0 Å². The van der Waals surface area contributed by atoms with Gasteiger partial charge in [-0.2, -0.15) is 0 Å². The highest BCUT2D eigenvalue weighted by atomic mass is 28.3. The van der Waals surface area contributed by atoms with Gasteiger partial charge in [-0.25, -0.2) is 0 Å². The minimum atomic E-state index is -0.864. The van der Waals surface area contributed by atoms with Crippen molar-refractivity contribution in [2.75, 3.05) is 13.2 Å². The lowest BCUT2D eigenvalue weighted by atomic mass is 10.4. The molecule has 16 heavy (non-hydrogen) atoms. The van der Waals surface area contributed by atoms with Crippen molar-refractivity contribution in [3.05, 3.63) is 0 Å². The van der Waals surface area contributed by atoms with E-state index >= 15 is 0 Å². The summed E-state index contributed by atoms with van der Waals surface area (Å²) in [5, 5.41) is 0. The van der Waals surface area contributed by atoms with Crippen LogP contribution in [0.5, 0.6) is 0 Å². The van der Waals surface area contributed by atoms with E-state index in [1.807, 2.05) is 0 Å². The number of hydrogen-bond donors (Lipinski definition) is 0. The lowest BCUT2D eigenvalue weighted by Crippen LogP contribution is -2.36. The Labute approximate surface area is 103 Å². The highest BCUT2D eigenvalue weighted by Gasteiger charge is 2.22. The van der Waals surface area contributed by atoms with Gasteiger partial charge in [0.15, 0.2) is 0 Å². The van der Waals surface area contributed by atoms with E-state index in [2.05, 4.69) is 27.7 Å². The van der Waals surface area contributed by atoms with Crippen LogP contribution in [0.25, 0.3) is 0 Å². The van der Waals surface area contributed by atoms with Gasteiger partial charge in [0, 0.05) is 13.2 Å². The fourth-order valence-electron chi connectivity index (χ4n) is 2.00. The van der Waals surface area contributed by atoms with E-state index in [1.54, 1.807) is 0 Å². The third kappa shape index (κ3) is 7.42. The molecule has 0 N–H and O–H groups in total. The Balaban J connectivity index is 4.15. The molecule has 0 atom stereocenters. The van der Waals surface area contributed by atoms with Crippen molar-refractivity contribution in [2.24, 2.45) is 0 Å². The van der Waals surface area contributed by atoms with Crippen LogP contribution in [0.4, 0.5) is 0 Å². The number of hydrogen-bond acceptors (Lipinski definition) is 2. The maximum Gasteiger partial charge on any atom is 0.138 e. The Kier molecular flexibility index (Phi) is 11.7. The van der Waals surface area contributed by atoms with Gasteiger partial charge in [-0.3, -0.25) is 0 Å². The molecule has 0 aliphatic carbocycles. The van der Waals surface area contributed by atoms with Gasteiger partial charge in [0.25, 0.3) is 0 Å². The van der Waals surface area contributed by atoms with Crippen LogP contribution in [0.3, 0.4) is 0 Å². The van der Waals surface area contributed by atoms with Crippen molar-refractivity contribution in [1.82, 2.24) is 0 Å². The Morgan fingerprint density at radius 1 is 0.812 bits per heavy atom. The molecule has 0 amide bonds. The van der Waals surface area contributed by atoms with Gasteiger partial charge >= 0.3 is 0 Å². The largest absolute Gasteiger partial charge is 0.357 e. The minimum absolute atomic E-state index is 0.160. The Morgan fingerprint density at radius 3 is 1.56 bits per heavy atom. The second-order valence-electron chi connectivity index (χ2n) is 4.32. The van der Waals surface area contributed by atoms with Crippen molar-refractivity contribution >= 4 is 8.80 Å². The molecule has 0 aromatic carbocycles. The lowest BCUT2D eigenvalue weighted by molar-refractivity contribution is -0.0859. The summed E-state index contributed by atoms with van der Waals surface area (Å²) in [5.41, 5.74) is 0. The summed E-state index contributed by atoms with van der Waals surface area (Å²) < 4.78 is 11.6. The van der Waals surface area contributed by atoms with Crippen LogP contribution < -0.4 is 0 Å². The van der Waals surface area contributed by atoms with Gasteiger partial charge in [-0.1, -0.05) is 51.6 Å². The first-order chi connectivity index (χ1) is 7.79. The third-order valence-corrected chi connectivity index (χ3v) is 6.36. The summed E-state index contributed by atoms with van der Waals surface area (Å²) in [6.07, 6.45) is 5.27. The van der Waals surface area contributed by atoms with Crippen LogP contribution in [0, 0.1) is 0 Å². The fourth-order valence-corrected chi connectivity index (χ4v) is 5.63. The predicted octanol–water partition coefficient (Wildman–Crippen LogP) is 3.75. The van der Waals surface area contributed by atoms with Gasteiger partial charge in [-0.15, -0.1) is 0 Å². The Hall–Kier alpha value is 0.137. The SMILES string of the molecule is CCCC[SiH](CCCC)C(OCC)OCC. The van der Waals surface area contributed by atoms with E-state index in [-0.39, 0.29) is 5.91 Å². The smallest absolute Gasteiger partial charge is 0.138 e. The zero-order valence-electron chi connectivity index (χ0n) is 11.6. The topological polar surface area (TPSA) is 18.5 Å². The van der Waals surface area contributed by atoms with Crippen LogP contribution in [0.1, 0.15) is 53.4 Å². The highest BCUT2D eigenvalue weighted by molar-refractivity contribution is 6.59. The summed E-state index contributed by atoms with van der Waals surface area (Å²) in [4.78, 5) is 0. The highest BCUT2D eigenvalue weighted by Crippen LogP contribution is 2.16. The van der Waals surface area contributed by atoms with E-state index < -0.39 is 8.80 Å². The van der Waals surface area contributed by atoms with Crippen LogP contribution >= 0.6 is 0 Å². The maximum atomic E-state index is 5.78. The van der Waals surface area contributed by atoms with Gasteiger partial charge < -0.3 is 9.47 Å². The van der Waals surface area contributed by atoms with Crippen molar-refractivity contribution in [3.63, 3.8) is 0 Å². The summed E-state index contributed by atoms with van der Waals surface area (Å²) in [6.45, 7) is 10.2. The standard InChI is InChI=1S/C13H30O2Si/c1-5-9-11-16(12-10-6-2)13(14-7-3)15-8-4/h13,16H,5-12H2,1-4H3. The zero-order valence-corrected chi connectivity index (χ0v) is 12.8. The van der Waals surface area contributed by atoms with E-state index in [0.717, 1.165) is 13.2 Å². The van der Waals surface area contributed by atoms with E-state index in [1.165, 1.54) is 37.8 Å². The molecule has 0 unspecified atom stereocenters. The Morgan fingerprint density at radius 2 is 1.25 bits per heavy atom. The first-order valence-corrected chi connectivity index (χ1v) is 9.33. The van der Waals surface area contributed by atoms with Crippen LogP contribution in [-0.2, 0) is 9.47 Å². The van der Waals surface area contributed by atoms with Gasteiger partial charge in [0.05, 0.1) is 0 Å². The quantitative estimate of drug-likeness (QED) is 0.408. The molecule has 0 saturated carbocycles. The molecule has 0 fully saturated rings. The van der Waals surface area contributed by atoms with Gasteiger partial charge in [0.1, 0.15) is 14.7 Å². The summed E-state index contributed by atoms with van der Waals surface area (Å²) in [5.74, 6) is 0.160. The van der Waals surface area contributed by atoms with E-state index in [4.69, 9.17) is 9.47 Å². The molecule has 0 spiro atoms. The molecule has 2 nitrogen and oxygen atoms in total.